The lowest BCUT2D eigenvalue weighted by Crippen LogP contribution is -2.54. The average molecular weight is 445 g/mol. The van der Waals surface area contributed by atoms with Crippen LogP contribution < -0.4 is 10.2 Å². The molecule has 1 N–H and O–H groups in total. The third-order valence-electron chi connectivity index (χ3n) is 5.97. The zero-order chi connectivity index (χ0) is 22.6. The first-order chi connectivity index (χ1) is 15.2. The first-order valence-electron chi connectivity index (χ1n) is 10.6. The van der Waals surface area contributed by atoms with Gasteiger partial charge in [-0.25, -0.2) is 18.3 Å². The topological polar surface area (TPSA) is 89.6 Å². The summed E-state index contributed by atoms with van der Waals surface area (Å²) in [7, 11) is 0. The number of ether oxygens (including phenoxy) is 1. The van der Waals surface area contributed by atoms with Crippen LogP contribution in [-0.4, -0.2) is 55.6 Å². The quantitative estimate of drug-likeness (QED) is 0.663. The second-order valence-corrected chi connectivity index (χ2v) is 9.25. The minimum Gasteiger partial charge on any atom is -0.374 e. The lowest BCUT2D eigenvalue weighted by molar-refractivity contribution is -0.0228. The van der Waals surface area contributed by atoms with Gasteiger partial charge in [-0.1, -0.05) is 0 Å². The molecule has 3 saturated heterocycles. The van der Waals surface area contributed by atoms with E-state index in [0.717, 1.165) is 25.2 Å². The smallest absolute Gasteiger partial charge is 0.284 e. The maximum Gasteiger partial charge on any atom is 0.284 e. The van der Waals surface area contributed by atoms with Crippen molar-refractivity contribution in [3.63, 3.8) is 0 Å². The number of hydrogen-bond acceptors (Lipinski definition) is 6. The summed E-state index contributed by atoms with van der Waals surface area (Å²) in [5, 5.41) is 10.7. The van der Waals surface area contributed by atoms with Crippen LogP contribution in [0.3, 0.4) is 0 Å². The molecule has 3 aromatic rings. The Morgan fingerprint density at radius 1 is 1.31 bits per heavy atom. The number of morpholine rings is 1. The Labute approximate surface area is 183 Å². The Hall–Kier alpha value is -3.08. The molecule has 3 aliphatic heterocycles. The van der Waals surface area contributed by atoms with Crippen LogP contribution in [0.25, 0.3) is 5.65 Å². The summed E-state index contributed by atoms with van der Waals surface area (Å²) in [4.78, 5) is 19.9. The number of rotatable bonds is 4. The minimum absolute atomic E-state index is 0.0269. The van der Waals surface area contributed by atoms with E-state index in [-0.39, 0.29) is 23.4 Å². The molecular weight excluding hydrogens is 420 g/mol. The van der Waals surface area contributed by atoms with E-state index >= 15 is 0 Å². The second kappa shape index (κ2) is 7.51. The zero-order valence-corrected chi connectivity index (χ0v) is 18.1. The van der Waals surface area contributed by atoms with Gasteiger partial charge in [-0.2, -0.15) is 10.2 Å². The maximum absolute atomic E-state index is 13.5. The Kier molecular flexibility index (Phi) is 4.88. The lowest BCUT2D eigenvalue weighted by Gasteiger charge is -2.45. The molecule has 0 spiro atoms. The van der Waals surface area contributed by atoms with Crippen molar-refractivity contribution in [2.45, 2.75) is 57.7 Å². The van der Waals surface area contributed by atoms with Gasteiger partial charge in [0.25, 0.3) is 12.3 Å². The van der Waals surface area contributed by atoms with Crippen LogP contribution in [-0.2, 0) is 10.3 Å². The number of aromatic nitrogens is 5. The molecule has 0 aliphatic carbocycles. The van der Waals surface area contributed by atoms with Crippen LogP contribution in [0.15, 0.2) is 24.7 Å². The molecule has 9 nitrogen and oxygen atoms in total. The van der Waals surface area contributed by atoms with Crippen molar-refractivity contribution in [2.24, 2.45) is 0 Å². The van der Waals surface area contributed by atoms with Crippen LogP contribution in [0.5, 0.6) is 0 Å². The fraction of sp³-hybridized carbons (Fsp3) is 0.524. The van der Waals surface area contributed by atoms with Crippen molar-refractivity contribution in [1.29, 1.82) is 0 Å². The van der Waals surface area contributed by atoms with Gasteiger partial charge in [0.1, 0.15) is 11.4 Å². The monoisotopic (exact) mass is 445 g/mol. The number of halogens is 2. The van der Waals surface area contributed by atoms with Crippen molar-refractivity contribution in [2.75, 3.05) is 23.4 Å². The van der Waals surface area contributed by atoms with Crippen LogP contribution in [0.4, 0.5) is 20.3 Å². The first-order valence-corrected chi connectivity index (χ1v) is 10.6. The molecule has 6 rings (SSSR count). The number of nitrogens with zero attached hydrogens (tertiary/aromatic N) is 6. The molecule has 2 bridgehead atoms. The van der Waals surface area contributed by atoms with Gasteiger partial charge in [-0.3, -0.25) is 9.48 Å². The highest BCUT2D eigenvalue weighted by atomic mass is 19.3. The third-order valence-corrected chi connectivity index (χ3v) is 5.97. The number of hydrogen-bond donors (Lipinski definition) is 1. The van der Waals surface area contributed by atoms with Crippen molar-refractivity contribution >= 4 is 23.1 Å². The highest BCUT2D eigenvalue weighted by Gasteiger charge is 2.35. The average Bonchev–Trinajstić information content (AvgIpc) is 3.38. The van der Waals surface area contributed by atoms with Crippen molar-refractivity contribution in [3.05, 3.63) is 35.9 Å². The summed E-state index contributed by atoms with van der Waals surface area (Å²) in [5.41, 5.74) is -0.438. The fourth-order valence-electron chi connectivity index (χ4n) is 4.19. The molecule has 0 aromatic carbocycles. The second-order valence-electron chi connectivity index (χ2n) is 9.25. The van der Waals surface area contributed by atoms with Gasteiger partial charge < -0.3 is 15.0 Å². The zero-order valence-electron chi connectivity index (χ0n) is 18.1. The van der Waals surface area contributed by atoms with E-state index in [9.17, 15) is 13.6 Å². The van der Waals surface area contributed by atoms with Crippen LogP contribution >= 0.6 is 0 Å². The molecule has 2 atom stereocenters. The van der Waals surface area contributed by atoms with Gasteiger partial charge in [-0.15, -0.1) is 0 Å². The van der Waals surface area contributed by atoms with E-state index in [4.69, 9.17) is 4.74 Å². The summed E-state index contributed by atoms with van der Waals surface area (Å²) >= 11 is 0. The van der Waals surface area contributed by atoms with Gasteiger partial charge in [0, 0.05) is 18.9 Å². The van der Waals surface area contributed by atoms with Gasteiger partial charge >= 0.3 is 0 Å². The number of amides is 1. The summed E-state index contributed by atoms with van der Waals surface area (Å²) < 4.78 is 35.8. The molecular formula is C21H25F2N7O2. The van der Waals surface area contributed by atoms with Crippen molar-refractivity contribution in [3.8, 4) is 0 Å². The predicted molar refractivity (Wildman–Crippen MR) is 113 cm³/mol. The van der Waals surface area contributed by atoms with Crippen molar-refractivity contribution in [1.82, 2.24) is 24.4 Å². The molecule has 3 aromatic heterocycles. The number of piperidine rings is 1. The van der Waals surface area contributed by atoms with E-state index in [1.54, 1.807) is 6.20 Å². The molecule has 170 valence electrons. The van der Waals surface area contributed by atoms with Crippen LogP contribution in [0.2, 0.25) is 0 Å². The van der Waals surface area contributed by atoms with E-state index < -0.39 is 23.6 Å². The molecule has 6 heterocycles. The number of carbonyl (C=O) groups excluding carboxylic acids is 1. The molecule has 0 radical (unpaired) electrons. The number of nitrogens with one attached hydrogen (secondary N) is 1. The van der Waals surface area contributed by atoms with Crippen LogP contribution in [0.1, 0.15) is 56.1 Å². The van der Waals surface area contributed by atoms with E-state index in [2.05, 4.69) is 25.4 Å². The molecule has 32 heavy (non-hydrogen) atoms. The number of carbonyl (C=O) groups is 1. The minimum atomic E-state index is -2.82. The fourth-order valence-corrected chi connectivity index (χ4v) is 4.19. The maximum atomic E-state index is 13.5. The Balaban J connectivity index is 1.45. The highest BCUT2D eigenvalue weighted by molar-refractivity contribution is 6.08. The summed E-state index contributed by atoms with van der Waals surface area (Å²) in [6, 6.07) is 2.12. The molecule has 1 amide bonds. The van der Waals surface area contributed by atoms with Crippen molar-refractivity contribution < 1.29 is 18.3 Å². The molecule has 3 aliphatic rings. The number of anilines is 2. The SMILES string of the molecule is CC(C)(C)n1cc(NC(=O)c2cnn3ccc(N4C[C@@H]5CC[C@H]4CO5)nc23)c(C(F)F)n1. The normalized spacial score (nSPS) is 21.0. The number of alkyl halides is 2. The van der Waals surface area contributed by atoms with E-state index in [1.165, 1.54) is 21.6 Å². The molecule has 11 heteroatoms. The van der Waals surface area contributed by atoms with Gasteiger partial charge in [0.2, 0.25) is 0 Å². The van der Waals surface area contributed by atoms with Crippen LogP contribution in [0, 0.1) is 0 Å². The van der Waals surface area contributed by atoms with Gasteiger partial charge in [0.05, 0.1) is 36.2 Å². The largest absolute Gasteiger partial charge is 0.374 e. The van der Waals surface area contributed by atoms with E-state index in [1.807, 2.05) is 26.8 Å². The number of fused-ring (bicyclic) bond motifs is 4. The standard InChI is InChI=1S/C21H25F2N7O2/c1-21(2,3)30-10-15(17(27-30)18(22)23)25-20(31)14-8-24-29-7-6-16(26-19(14)29)28-9-13-5-4-12(28)11-32-13/h6-8,10,12-13,18H,4-5,9,11H2,1-3H3,(H,25,31)/t12-,13-/m0/s1. The first kappa shape index (κ1) is 20.8. The highest BCUT2D eigenvalue weighted by Crippen LogP contribution is 2.31. The summed E-state index contributed by atoms with van der Waals surface area (Å²) in [5.74, 6) is 0.183. The molecule has 3 fully saturated rings. The lowest BCUT2D eigenvalue weighted by atomic mass is 9.97. The Morgan fingerprint density at radius 3 is 2.75 bits per heavy atom. The Morgan fingerprint density at radius 2 is 2.12 bits per heavy atom. The molecule has 0 unspecified atom stereocenters. The third kappa shape index (κ3) is 3.60. The van der Waals surface area contributed by atoms with E-state index in [0.29, 0.717) is 12.3 Å². The van der Waals surface area contributed by atoms with Gasteiger partial charge in [-0.05, 0) is 39.7 Å². The predicted octanol–water partition coefficient (Wildman–Crippen LogP) is 3.24. The van der Waals surface area contributed by atoms with Gasteiger partial charge in [0.15, 0.2) is 11.3 Å². The summed E-state index contributed by atoms with van der Waals surface area (Å²) in [6.07, 6.45) is 4.02. The summed E-state index contributed by atoms with van der Waals surface area (Å²) in [6.45, 7) is 6.95. The Bertz CT molecular complexity index is 1160. The molecule has 0 saturated carbocycles.